The summed E-state index contributed by atoms with van der Waals surface area (Å²) in [5, 5.41) is 5.72. The molecule has 0 saturated carbocycles. The number of rotatable bonds is 7. The van der Waals surface area contributed by atoms with Gasteiger partial charge in [0.05, 0.1) is 12.2 Å². The van der Waals surface area contributed by atoms with Crippen LogP contribution in [0, 0.1) is 23.6 Å². The molecule has 0 atom stereocenters. The molecule has 0 bridgehead atoms. The third-order valence-electron chi connectivity index (χ3n) is 3.53. The van der Waals surface area contributed by atoms with Crippen LogP contribution in [-0.2, 0) is 4.79 Å². The maximum absolute atomic E-state index is 13.4. The van der Waals surface area contributed by atoms with Gasteiger partial charge in [0.2, 0.25) is 5.91 Å². The Morgan fingerprint density at radius 1 is 1.15 bits per heavy atom. The number of hydrogen-bond donors (Lipinski definition) is 2. The summed E-state index contributed by atoms with van der Waals surface area (Å²) in [6.07, 6.45) is 0. The number of hydrogen-bond acceptors (Lipinski definition) is 2. The number of nitrogens with one attached hydrogen (secondary N) is 2. The summed E-state index contributed by atoms with van der Waals surface area (Å²) in [4.78, 5) is 11.7. The molecule has 0 aliphatic heterocycles. The van der Waals surface area contributed by atoms with Crippen LogP contribution in [0.15, 0.2) is 24.3 Å². The second-order valence-electron chi connectivity index (χ2n) is 5.81. The van der Waals surface area contributed by atoms with Gasteiger partial charge in [-0.15, -0.1) is 0 Å². The first kappa shape index (κ1) is 16.6. The highest BCUT2D eigenvalue weighted by atomic mass is 19.1. The lowest BCUT2D eigenvalue weighted by molar-refractivity contribution is -0.115. The fraction of sp³-hybridized carbons (Fsp3) is 0.562. The fourth-order valence-corrected chi connectivity index (χ4v) is 2.35. The SMILES string of the molecule is CC(C)C(CNCC(=O)Nc1ccccc1F)C(C)C. The number of benzene rings is 1. The standard InChI is InChI=1S/C16H25FN2O/c1-11(2)13(12(3)4)9-18-10-16(20)19-15-8-6-5-7-14(15)17/h5-8,11-13,18H,9-10H2,1-4H3,(H,19,20). The van der Waals surface area contributed by atoms with Crippen LogP contribution in [0.25, 0.3) is 0 Å². The molecule has 0 saturated heterocycles. The van der Waals surface area contributed by atoms with Crippen molar-refractivity contribution in [3.63, 3.8) is 0 Å². The van der Waals surface area contributed by atoms with Crippen molar-refractivity contribution in [2.24, 2.45) is 17.8 Å². The zero-order valence-electron chi connectivity index (χ0n) is 12.7. The van der Waals surface area contributed by atoms with Crippen LogP contribution in [0.5, 0.6) is 0 Å². The van der Waals surface area contributed by atoms with E-state index >= 15 is 0 Å². The molecular formula is C16H25FN2O. The molecule has 4 heteroatoms. The Bertz CT molecular complexity index is 424. The van der Waals surface area contributed by atoms with Gasteiger partial charge in [-0.05, 0) is 36.4 Å². The van der Waals surface area contributed by atoms with Crippen molar-refractivity contribution in [2.45, 2.75) is 27.7 Å². The lowest BCUT2D eigenvalue weighted by Gasteiger charge is -2.25. The molecule has 0 radical (unpaired) electrons. The van der Waals surface area contributed by atoms with Crippen LogP contribution in [0.1, 0.15) is 27.7 Å². The second-order valence-corrected chi connectivity index (χ2v) is 5.81. The van der Waals surface area contributed by atoms with Crippen molar-refractivity contribution in [3.05, 3.63) is 30.1 Å². The Hall–Kier alpha value is -1.42. The summed E-state index contributed by atoms with van der Waals surface area (Å²) in [6.45, 7) is 9.74. The number of halogens is 1. The highest BCUT2D eigenvalue weighted by Gasteiger charge is 2.17. The second kappa shape index (κ2) is 8.00. The minimum Gasteiger partial charge on any atom is -0.322 e. The molecule has 1 aromatic carbocycles. The van der Waals surface area contributed by atoms with Crippen LogP contribution >= 0.6 is 0 Å². The predicted molar refractivity (Wildman–Crippen MR) is 81.1 cm³/mol. The highest BCUT2D eigenvalue weighted by Crippen LogP contribution is 2.19. The monoisotopic (exact) mass is 280 g/mol. The molecule has 1 aromatic rings. The summed E-state index contributed by atoms with van der Waals surface area (Å²) in [5.74, 6) is 1.02. The Morgan fingerprint density at radius 3 is 2.30 bits per heavy atom. The molecule has 3 nitrogen and oxygen atoms in total. The molecule has 0 aromatic heterocycles. The number of carbonyl (C=O) groups is 1. The van der Waals surface area contributed by atoms with E-state index in [4.69, 9.17) is 0 Å². The maximum Gasteiger partial charge on any atom is 0.238 e. The molecule has 1 rings (SSSR count). The van der Waals surface area contributed by atoms with Gasteiger partial charge in [-0.25, -0.2) is 4.39 Å². The first-order valence-electron chi connectivity index (χ1n) is 7.17. The van der Waals surface area contributed by atoms with Gasteiger partial charge < -0.3 is 10.6 Å². The quantitative estimate of drug-likeness (QED) is 0.804. The molecule has 2 N–H and O–H groups in total. The summed E-state index contributed by atoms with van der Waals surface area (Å²) in [6, 6.07) is 6.17. The van der Waals surface area contributed by atoms with Gasteiger partial charge in [0.1, 0.15) is 5.82 Å². The van der Waals surface area contributed by atoms with E-state index in [1.165, 1.54) is 6.07 Å². The van der Waals surface area contributed by atoms with E-state index in [2.05, 4.69) is 38.3 Å². The van der Waals surface area contributed by atoms with Gasteiger partial charge in [-0.1, -0.05) is 39.8 Å². The lowest BCUT2D eigenvalue weighted by atomic mass is 9.85. The summed E-state index contributed by atoms with van der Waals surface area (Å²) >= 11 is 0. The lowest BCUT2D eigenvalue weighted by Crippen LogP contribution is -2.35. The van der Waals surface area contributed by atoms with Gasteiger partial charge in [0.25, 0.3) is 0 Å². The Morgan fingerprint density at radius 2 is 1.75 bits per heavy atom. The van der Waals surface area contributed by atoms with Gasteiger partial charge in [0, 0.05) is 0 Å². The first-order valence-corrected chi connectivity index (χ1v) is 7.17. The van der Waals surface area contributed by atoms with Crippen molar-refractivity contribution in [1.29, 1.82) is 0 Å². The molecule has 0 spiro atoms. The first-order chi connectivity index (χ1) is 9.41. The zero-order chi connectivity index (χ0) is 15.1. The van der Waals surface area contributed by atoms with Crippen molar-refractivity contribution in [2.75, 3.05) is 18.4 Å². The van der Waals surface area contributed by atoms with Crippen molar-refractivity contribution in [3.8, 4) is 0 Å². The Balaban J connectivity index is 2.39. The maximum atomic E-state index is 13.4. The Kier molecular flexibility index (Phi) is 6.65. The average molecular weight is 280 g/mol. The van der Waals surface area contributed by atoms with Crippen LogP contribution in [-0.4, -0.2) is 19.0 Å². The number of amides is 1. The van der Waals surface area contributed by atoms with Crippen LogP contribution in [0.2, 0.25) is 0 Å². The minimum absolute atomic E-state index is 0.199. The number of anilines is 1. The molecule has 112 valence electrons. The van der Waals surface area contributed by atoms with E-state index in [1.807, 2.05) is 0 Å². The van der Waals surface area contributed by atoms with Crippen LogP contribution in [0.4, 0.5) is 10.1 Å². The molecule has 0 unspecified atom stereocenters. The zero-order valence-corrected chi connectivity index (χ0v) is 12.7. The highest BCUT2D eigenvalue weighted by molar-refractivity contribution is 5.92. The van der Waals surface area contributed by atoms with Crippen molar-refractivity contribution in [1.82, 2.24) is 5.32 Å². The van der Waals surface area contributed by atoms with E-state index in [0.717, 1.165) is 6.54 Å². The van der Waals surface area contributed by atoms with Crippen molar-refractivity contribution >= 4 is 11.6 Å². The molecule has 0 aliphatic carbocycles. The fourth-order valence-electron chi connectivity index (χ4n) is 2.35. The molecule has 0 aliphatic rings. The number of para-hydroxylation sites is 1. The third kappa shape index (κ3) is 5.29. The third-order valence-corrected chi connectivity index (χ3v) is 3.53. The van der Waals surface area contributed by atoms with Gasteiger partial charge in [-0.2, -0.15) is 0 Å². The van der Waals surface area contributed by atoms with E-state index in [0.29, 0.717) is 17.8 Å². The molecular weight excluding hydrogens is 255 g/mol. The summed E-state index contributed by atoms with van der Waals surface area (Å²) < 4.78 is 13.4. The largest absolute Gasteiger partial charge is 0.322 e. The topological polar surface area (TPSA) is 41.1 Å². The van der Waals surface area contributed by atoms with E-state index in [-0.39, 0.29) is 18.1 Å². The van der Waals surface area contributed by atoms with E-state index in [9.17, 15) is 9.18 Å². The molecule has 0 heterocycles. The van der Waals surface area contributed by atoms with E-state index < -0.39 is 5.82 Å². The normalized spacial score (nSPS) is 11.4. The van der Waals surface area contributed by atoms with Crippen molar-refractivity contribution < 1.29 is 9.18 Å². The van der Waals surface area contributed by atoms with E-state index in [1.54, 1.807) is 18.2 Å². The van der Waals surface area contributed by atoms with Crippen LogP contribution < -0.4 is 10.6 Å². The molecule has 20 heavy (non-hydrogen) atoms. The van der Waals surface area contributed by atoms with Gasteiger partial charge >= 0.3 is 0 Å². The molecule has 1 amide bonds. The minimum atomic E-state index is -0.414. The average Bonchev–Trinajstić information content (AvgIpc) is 2.36. The summed E-state index contributed by atoms with van der Waals surface area (Å²) in [7, 11) is 0. The number of carbonyl (C=O) groups excluding carboxylic acids is 1. The van der Waals surface area contributed by atoms with Gasteiger partial charge in [0.15, 0.2) is 0 Å². The Labute approximate surface area is 121 Å². The molecule has 0 fully saturated rings. The van der Waals surface area contributed by atoms with Crippen LogP contribution in [0.3, 0.4) is 0 Å². The summed E-state index contributed by atoms with van der Waals surface area (Å²) in [5.41, 5.74) is 0.226. The smallest absolute Gasteiger partial charge is 0.238 e. The van der Waals surface area contributed by atoms with Gasteiger partial charge in [-0.3, -0.25) is 4.79 Å². The predicted octanol–water partition coefficient (Wildman–Crippen LogP) is 3.28.